The van der Waals surface area contributed by atoms with E-state index in [9.17, 15) is 9.59 Å². The summed E-state index contributed by atoms with van der Waals surface area (Å²) < 4.78 is 0. The lowest BCUT2D eigenvalue weighted by Crippen LogP contribution is -2.48. The van der Waals surface area contributed by atoms with Crippen molar-refractivity contribution in [1.29, 1.82) is 0 Å². The summed E-state index contributed by atoms with van der Waals surface area (Å²) in [5.41, 5.74) is 1.15. The molecule has 3 rings (SSSR count). The van der Waals surface area contributed by atoms with Crippen molar-refractivity contribution in [3.63, 3.8) is 0 Å². The van der Waals surface area contributed by atoms with E-state index in [1.165, 1.54) is 12.8 Å². The van der Waals surface area contributed by atoms with E-state index in [4.69, 9.17) is 5.11 Å². The van der Waals surface area contributed by atoms with E-state index >= 15 is 0 Å². The smallest absolute Gasteiger partial charge is 0.405 e. The molecule has 1 aromatic rings. The zero-order valence-electron chi connectivity index (χ0n) is 12.6. The van der Waals surface area contributed by atoms with Gasteiger partial charge in [0.25, 0.3) is 0 Å². The minimum Gasteiger partial charge on any atom is -0.465 e. The molecule has 5 nitrogen and oxygen atoms in total. The molecular weight excluding hydrogens is 280 g/mol. The largest absolute Gasteiger partial charge is 0.465 e. The lowest BCUT2D eigenvalue weighted by molar-refractivity contribution is -0.135. The van der Waals surface area contributed by atoms with E-state index in [2.05, 4.69) is 17.4 Å². The van der Waals surface area contributed by atoms with E-state index in [0.29, 0.717) is 12.3 Å². The fraction of sp³-hybridized carbons (Fsp3) is 0.529. The molecule has 2 amide bonds. The first kappa shape index (κ1) is 14.9. The second kappa shape index (κ2) is 6.38. The summed E-state index contributed by atoms with van der Waals surface area (Å²) in [5.74, 6) is 0.513. The van der Waals surface area contributed by atoms with Gasteiger partial charge in [0.1, 0.15) is 6.04 Å². The highest BCUT2D eigenvalue weighted by Gasteiger charge is 2.37. The average molecular weight is 302 g/mol. The fourth-order valence-corrected chi connectivity index (χ4v) is 3.25. The zero-order chi connectivity index (χ0) is 15.5. The van der Waals surface area contributed by atoms with Crippen LogP contribution in [-0.2, 0) is 4.79 Å². The molecule has 1 aliphatic heterocycles. The van der Waals surface area contributed by atoms with Crippen molar-refractivity contribution in [2.24, 2.45) is 5.92 Å². The van der Waals surface area contributed by atoms with Crippen LogP contribution in [0.15, 0.2) is 30.3 Å². The van der Waals surface area contributed by atoms with Gasteiger partial charge in [0.05, 0.1) is 6.04 Å². The molecule has 22 heavy (non-hydrogen) atoms. The van der Waals surface area contributed by atoms with Crippen LogP contribution < -0.4 is 5.32 Å². The van der Waals surface area contributed by atoms with E-state index in [1.54, 1.807) is 0 Å². The molecule has 0 bridgehead atoms. The zero-order valence-corrected chi connectivity index (χ0v) is 12.6. The summed E-state index contributed by atoms with van der Waals surface area (Å²) in [6.07, 6.45) is 3.53. The van der Waals surface area contributed by atoms with Crippen molar-refractivity contribution >= 4 is 12.0 Å². The molecule has 0 spiro atoms. The van der Waals surface area contributed by atoms with E-state index in [-0.39, 0.29) is 11.9 Å². The van der Waals surface area contributed by atoms with Gasteiger partial charge in [-0.3, -0.25) is 4.79 Å². The molecule has 2 aliphatic rings. The third-order valence-corrected chi connectivity index (χ3v) is 4.56. The Balaban J connectivity index is 1.84. The van der Waals surface area contributed by atoms with E-state index < -0.39 is 12.1 Å². The van der Waals surface area contributed by atoms with Crippen molar-refractivity contribution in [2.45, 2.75) is 44.2 Å². The van der Waals surface area contributed by atoms with Gasteiger partial charge in [-0.2, -0.15) is 0 Å². The highest BCUT2D eigenvalue weighted by atomic mass is 16.4. The van der Waals surface area contributed by atoms with Gasteiger partial charge in [-0.05, 0) is 43.6 Å². The minimum atomic E-state index is -1.12. The number of carbonyl (C=O) groups excluding carboxylic acids is 1. The number of nitrogens with zero attached hydrogens (tertiary/aromatic N) is 1. The summed E-state index contributed by atoms with van der Waals surface area (Å²) in [6, 6.07) is 9.54. The van der Waals surface area contributed by atoms with Crippen LogP contribution in [0, 0.1) is 5.92 Å². The molecule has 1 saturated carbocycles. The van der Waals surface area contributed by atoms with Crippen molar-refractivity contribution in [3.05, 3.63) is 35.9 Å². The second-order valence-corrected chi connectivity index (χ2v) is 6.29. The second-order valence-electron chi connectivity index (χ2n) is 6.29. The Morgan fingerprint density at radius 3 is 2.55 bits per heavy atom. The number of amides is 2. The Bertz CT molecular complexity index is 542. The molecule has 0 radical (unpaired) electrons. The quantitative estimate of drug-likeness (QED) is 0.898. The Labute approximate surface area is 130 Å². The predicted molar refractivity (Wildman–Crippen MR) is 82.4 cm³/mol. The predicted octanol–water partition coefficient (Wildman–Crippen LogP) is 2.79. The van der Waals surface area contributed by atoms with Crippen LogP contribution in [0.3, 0.4) is 0 Å². The molecule has 1 aromatic carbocycles. The number of hydrogen-bond donors (Lipinski definition) is 2. The molecule has 2 atom stereocenters. The normalized spacial score (nSPS) is 25.6. The van der Waals surface area contributed by atoms with Crippen LogP contribution in [0.2, 0.25) is 0 Å². The molecule has 0 aromatic heterocycles. The van der Waals surface area contributed by atoms with Gasteiger partial charge in [0, 0.05) is 6.54 Å². The number of hydrogen-bond acceptors (Lipinski definition) is 2. The van der Waals surface area contributed by atoms with Crippen LogP contribution in [0.25, 0.3) is 0 Å². The van der Waals surface area contributed by atoms with Gasteiger partial charge in [-0.25, -0.2) is 4.79 Å². The molecule has 1 aliphatic carbocycles. The SMILES string of the molecule is O=C(O)N[C@@H]1CCCC(c2ccccc2)N(CC2CC2)C1=O. The molecule has 118 valence electrons. The van der Waals surface area contributed by atoms with Gasteiger partial charge in [0.15, 0.2) is 0 Å². The number of carbonyl (C=O) groups is 2. The standard InChI is InChI=1S/C17H22N2O3/c20-16-14(18-17(21)22)7-4-8-15(13-5-2-1-3-6-13)19(16)11-12-9-10-12/h1-3,5-6,12,14-15,18H,4,7-11H2,(H,21,22)/t14-,15?/m1/s1. The Morgan fingerprint density at radius 1 is 1.18 bits per heavy atom. The van der Waals surface area contributed by atoms with Gasteiger partial charge < -0.3 is 15.3 Å². The van der Waals surface area contributed by atoms with Crippen LogP contribution in [0.5, 0.6) is 0 Å². The number of rotatable bonds is 4. The number of likely N-dealkylation sites (tertiary alicyclic amines) is 1. The van der Waals surface area contributed by atoms with Gasteiger partial charge in [0.2, 0.25) is 5.91 Å². The molecule has 1 saturated heterocycles. The van der Waals surface area contributed by atoms with Crippen LogP contribution in [0.1, 0.15) is 43.7 Å². The maximum atomic E-state index is 12.8. The molecule has 5 heteroatoms. The molecular formula is C17H22N2O3. The first-order chi connectivity index (χ1) is 10.6. The fourth-order valence-electron chi connectivity index (χ4n) is 3.25. The summed E-state index contributed by atoms with van der Waals surface area (Å²) in [5, 5.41) is 11.3. The van der Waals surface area contributed by atoms with E-state index in [1.807, 2.05) is 23.1 Å². The first-order valence-electron chi connectivity index (χ1n) is 8.00. The molecule has 1 unspecified atom stereocenters. The van der Waals surface area contributed by atoms with E-state index in [0.717, 1.165) is 24.9 Å². The minimum absolute atomic E-state index is 0.0647. The van der Waals surface area contributed by atoms with Gasteiger partial charge >= 0.3 is 6.09 Å². The summed E-state index contributed by atoms with van der Waals surface area (Å²) >= 11 is 0. The van der Waals surface area contributed by atoms with Gasteiger partial charge in [-0.1, -0.05) is 30.3 Å². The maximum absolute atomic E-state index is 12.8. The van der Waals surface area contributed by atoms with Crippen LogP contribution in [0.4, 0.5) is 4.79 Å². The van der Waals surface area contributed by atoms with Crippen LogP contribution >= 0.6 is 0 Å². The van der Waals surface area contributed by atoms with Crippen molar-refractivity contribution in [3.8, 4) is 0 Å². The summed E-state index contributed by atoms with van der Waals surface area (Å²) in [4.78, 5) is 25.7. The molecule has 2 fully saturated rings. The first-order valence-corrected chi connectivity index (χ1v) is 8.00. The highest BCUT2D eigenvalue weighted by Crippen LogP contribution is 2.36. The Hall–Kier alpha value is -2.04. The molecule has 2 N–H and O–H groups in total. The highest BCUT2D eigenvalue weighted by molar-refractivity contribution is 5.86. The monoisotopic (exact) mass is 302 g/mol. The third kappa shape index (κ3) is 3.40. The topological polar surface area (TPSA) is 69.6 Å². The van der Waals surface area contributed by atoms with Crippen molar-refractivity contribution in [2.75, 3.05) is 6.54 Å². The van der Waals surface area contributed by atoms with Crippen molar-refractivity contribution < 1.29 is 14.7 Å². The number of nitrogens with one attached hydrogen (secondary N) is 1. The summed E-state index contributed by atoms with van der Waals surface area (Å²) in [6.45, 7) is 0.746. The lowest BCUT2D eigenvalue weighted by atomic mass is 10.0. The third-order valence-electron chi connectivity index (χ3n) is 4.56. The molecule has 1 heterocycles. The Kier molecular flexibility index (Phi) is 4.32. The maximum Gasteiger partial charge on any atom is 0.405 e. The number of benzene rings is 1. The summed E-state index contributed by atoms with van der Waals surface area (Å²) in [7, 11) is 0. The number of carboxylic acid groups (broad SMARTS) is 1. The van der Waals surface area contributed by atoms with Crippen molar-refractivity contribution in [1.82, 2.24) is 10.2 Å². The van der Waals surface area contributed by atoms with Gasteiger partial charge in [-0.15, -0.1) is 0 Å². The Morgan fingerprint density at radius 2 is 1.91 bits per heavy atom. The lowest BCUT2D eigenvalue weighted by Gasteiger charge is -2.32. The average Bonchev–Trinajstić information content (AvgIpc) is 3.33. The van der Waals surface area contributed by atoms with Crippen LogP contribution in [-0.4, -0.2) is 34.6 Å².